The summed E-state index contributed by atoms with van der Waals surface area (Å²) in [7, 11) is 0. The number of rotatable bonds is 6. The van der Waals surface area contributed by atoms with Crippen LogP contribution in [0.25, 0.3) is 0 Å². The van der Waals surface area contributed by atoms with E-state index in [1.165, 1.54) is 0 Å². The van der Waals surface area contributed by atoms with E-state index in [1.807, 2.05) is 37.3 Å². The van der Waals surface area contributed by atoms with Gasteiger partial charge < -0.3 is 15.2 Å². The molecule has 0 fully saturated rings. The van der Waals surface area contributed by atoms with Crippen molar-refractivity contribution in [2.24, 2.45) is 0 Å². The Labute approximate surface area is 134 Å². The highest BCUT2D eigenvalue weighted by atomic mass is 16.5. The Balaban J connectivity index is 1.78. The highest BCUT2D eigenvalue weighted by Crippen LogP contribution is 2.07. The van der Waals surface area contributed by atoms with Crippen molar-refractivity contribution in [3.63, 3.8) is 0 Å². The maximum Gasteiger partial charge on any atom is 0.407 e. The standard InChI is InChI=1S/C18H19NO4/c1-13(11-14-7-9-16(10-8-14)17(20)21)19-18(22)23-12-15-5-3-2-4-6-15/h2-10,13H,11-12H2,1H3,(H,19,22)(H,20,21). The molecule has 2 rings (SSSR count). The first-order valence-electron chi connectivity index (χ1n) is 7.34. The van der Waals surface area contributed by atoms with E-state index in [9.17, 15) is 9.59 Å². The Morgan fingerprint density at radius 1 is 1.04 bits per heavy atom. The summed E-state index contributed by atoms with van der Waals surface area (Å²) in [5.74, 6) is -0.952. The van der Waals surface area contributed by atoms with Gasteiger partial charge in [0, 0.05) is 6.04 Å². The molecule has 0 aliphatic heterocycles. The molecule has 2 aromatic rings. The molecule has 2 aromatic carbocycles. The van der Waals surface area contributed by atoms with Gasteiger partial charge in [0.05, 0.1) is 5.56 Å². The average Bonchev–Trinajstić information content (AvgIpc) is 2.54. The zero-order valence-electron chi connectivity index (χ0n) is 12.9. The van der Waals surface area contributed by atoms with Gasteiger partial charge in [-0.2, -0.15) is 0 Å². The number of carboxylic acid groups (broad SMARTS) is 1. The van der Waals surface area contributed by atoms with E-state index in [2.05, 4.69) is 5.32 Å². The third-order valence-electron chi connectivity index (χ3n) is 3.32. The SMILES string of the molecule is CC(Cc1ccc(C(=O)O)cc1)NC(=O)OCc1ccccc1. The highest BCUT2D eigenvalue weighted by Gasteiger charge is 2.10. The minimum Gasteiger partial charge on any atom is -0.478 e. The van der Waals surface area contributed by atoms with Crippen molar-refractivity contribution >= 4 is 12.1 Å². The first-order valence-corrected chi connectivity index (χ1v) is 7.34. The van der Waals surface area contributed by atoms with Gasteiger partial charge in [0.2, 0.25) is 0 Å². The van der Waals surface area contributed by atoms with Crippen LogP contribution in [0.3, 0.4) is 0 Å². The summed E-state index contributed by atoms with van der Waals surface area (Å²) >= 11 is 0. The fourth-order valence-corrected chi connectivity index (χ4v) is 2.15. The third kappa shape index (κ3) is 5.47. The van der Waals surface area contributed by atoms with Crippen molar-refractivity contribution in [2.75, 3.05) is 0 Å². The van der Waals surface area contributed by atoms with Crippen LogP contribution in [0.5, 0.6) is 0 Å². The van der Waals surface area contributed by atoms with Crippen molar-refractivity contribution in [3.05, 3.63) is 71.3 Å². The predicted octanol–water partition coefficient (Wildman–Crippen LogP) is 3.24. The van der Waals surface area contributed by atoms with E-state index in [-0.39, 0.29) is 18.2 Å². The summed E-state index contributed by atoms with van der Waals surface area (Å²) in [6.45, 7) is 2.10. The lowest BCUT2D eigenvalue weighted by Gasteiger charge is -2.14. The van der Waals surface area contributed by atoms with Gasteiger partial charge in [-0.25, -0.2) is 9.59 Å². The molecule has 0 aliphatic rings. The van der Waals surface area contributed by atoms with Crippen LogP contribution in [0.4, 0.5) is 4.79 Å². The normalized spacial score (nSPS) is 11.5. The number of carbonyl (C=O) groups is 2. The van der Waals surface area contributed by atoms with Crippen LogP contribution in [-0.4, -0.2) is 23.2 Å². The lowest BCUT2D eigenvalue weighted by molar-refractivity contribution is 0.0697. The van der Waals surface area contributed by atoms with Crippen molar-refractivity contribution in [2.45, 2.75) is 26.0 Å². The van der Waals surface area contributed by atoms with E-state index >= 15 is 0 Å². The summed E-state index contributed by atoms with van der Waals surface area (Å²) in [6, 6.07) is 15.9. The monoisotopic (exact) mass is 313 g/mol. The van der Waals surface area contributed by atoms with Crippen molar-refractivity contribution < 1.29 is 19.4 Å². The van der Waals surface area contributed by atoms with Gasteiger partial charge in [-0.1, -0.05) is 42.5 Å². The first kappa shape index (κ1) is 16.5. The molecule has 0 saturated carbocycles. The van der Waals surface area contributed by atoms with E-state index < -0.39 is 12.1 Å². The molecule has 2 N–H and O–H groups in total. The Morgan fingerprint density at radius 3 is 2.30 bits per heavy atom. The number of carboxylic acids is 1. The van der Waals surface area contributed by atoms with Crippen molar-refractivity contribution in [3.8, 4) is 0 Å². The van der Waals surface area contributed by atoms with Gasteiger partial charge in [-0.15, -0.1) is 0 Å². The van der Waals surface area contributed by atoms with Crippen LogP contribution in [0.2, 0.25) is 0 Å². The lowest BCUT2D eigenvalue weighted by atomic mass is 10.1. The second-order valence-electron chi connectivity index (χ2n) is 5.31. The summed E-state index contributed by atoms with van der Waals surface area (Å²) in [5, 5.41) is 11.6. The van der Waals surface area contributed by atoms with E-state index in [4.69, 9.17) is 9.84 Å². The molecule has 5 nitrogen and oxygen atoms in total. The molecular formula is C18H19NO4. The largest absolute Gasteiger partial charge is 0.478 e. The van der Waals surface area contributed by atoms with Gasteiger partial charge in [-0.05, 0) is 36.6 Å². The number of ether oxygens (including phenoxy) is 1. The molecule has 0 heterocycles. The number of amides is 1. The summed E-state index contributed by atoms with van der Waals surface area (Å²) in [4.78, 5) is 22.5. The summed E-state index contributed by atoms with van der Waals surface area (Å²) in [5.41, 5.74) is 2.13. The second kappa shape index (κ2) is 7.98. The van der Waals surface area contributed by atoms with Gasteiger partial charge in [-0.3, -0.25) is 0 Å². The van der Waals surface area contributed by atoms with Crippen molar-refractivity contribution in [1.29, 1.82) is 0 Å². The first-order chi connectivity index (χ1) is 11.0. The number of aromatic carboxylic acids is 1. The zero-order chi connectivity index (χ0) is 16.7. The number of hydrogen-bond donors (Lipinski definition) is 2. The van der Waals surface area contributed by atoms with E-state index in [0.717, 1.165) is 11.1 Å². The number of nitrogens with one attached hydrogen (secondary N) is 1. The van der Waals surface area contributed by atoms with Crippen LogP contribution in [-0.2, 0) is 17.8 Å². The minimum absolute atomic E-state index is 0.117. The highest BCUT2D eigenvalue weighted by molar-refractivity contribution is 5.87. The molecule has 1 amide bonds. The Morgan fingerprint density at radius 2 is 1.70 bits per heavy atom. The molecular weight excluding hydrogens is 294 g/mol. The fourth-order valence-electron chi connectivity index (χ4n) is 2.15. The topological polar surface area (TPSA) is 75.6 Å². The molecule has 0 radical (unpaired) electrons. The molecule has 5 heteroatoms. The van der Waals surface area contributed by atoms with Gasteiger partial charge >= 0.3 is 12.1 Å². The summed E-state index contributed by atoms with van der Waals surface area (Å²) < 4.78 is 5.16. The maximum atomic E-state index is 11.7. The zero-order valence-corrected chi connectivity index (χ0v) is 12.9. The van der Waals surface area contributed by atoms with Crippen molar-refractivity contribution in [1.82, 2.24) is 5.32 Å². The molecule has 23 heavy (non-hydrogen) atoms. The maximum absolute atomic E-state index is 11.7. The lowest BCUT2D eigenvalue weighted by Crippen LogP contribution is -2.34. The van der Waals surface area contributed by atoms with Crippen LogP contribution < -0.4 is 5.32 Å². The van der Waals surface area contributed by atoms with Gasteiger partial charge in [0.15, 0.2) is 0 Å². The molecule has 0 bridgehead atoms. The molecule has 1 unspecified atom stereocenters. The fraction of sp³-hybridized carbons (Fsp3) is 0.222. The third-order valence-corrected chi connectivity index (χ3v) is 3.32. The van der Waals surface area contributed by atoms with Gasteiger partial charge in [0.1, 0.15) is 6.61 Å². The van der Waals surface area contributed by atoms with Crippen LogP contribution in [0.1, 0.15) is 28.4 Å². The Hall–Kier alpha value is -2.82. The molecule has 0 saturated heterocycles. The molecule has 120 valence electrons. The molecule has 0 aromatic heterocycles. The molecule has 0 spiro atoms. The Bertz CT molecular complexity index is 652. The minimum atomic E-state index is -0.952. The van der Waals surface area contributed by atoms with E-state index in [1.54, 1.807) is 24.3 Å². The number of alkyl carbamates (subject to hydrolysis) is 1. The van der Waals surface area contributed by atoms with Gasteiger partial charge in [0.25, 0.3) is 0 Å². The average molecular weight is 313 g/mol. The van der Waals surface area contributed by atoms with Crippen LogP contribution in [0.15, 0.2) is 54.6 Å². The number of hydrogen-bond acceptors (Lipinski definition) is 3. The molecule has 1 atom stereocenters. The number of carbonyl (C=O) groups excluding carboxylic acids is 1. The molecule has 0 aliphatic carbocycles. The summed E-state index contributed by atoms with van der Waals surface area (Å²) in [6.07, 6.45) is 0.129. The van der Waals surface area contributed by atoms with Crippen LogP contribution in [0, 0.1) is 0 Å². The van der Waals surface area contributed by atoms with E-state index in [0.29, 0.717) is 6.42 Å². The second-order valence-corrected chi connectivity index (χ2v) is 5.31. The predicted molar refractivity (Wildman–Crippen MR) is 86.3 cm³/mol. The quantitative estimate of drug-likeness (QED) is 0.858. The smallest absolute Gasteiger partial charge is 0.407 e. The Kier molecular flexibility index (Phi) is 5.74. The number of benzene rings is 2. The van der Waals surface area contributed by atoms with Crippen LogP contribution >= 0.6 is 0 Å².